The Kier molecular flexibility index (Phi) is 6.66. The number of benzene rings is 2. The lowest BCUT2D eigenvalue weighted by molar-refractivity contribution is -0.314. The van der Waals surface area contributed by atoms with E-state index in [4.69, 9.17) is 21.1 Å². The van der Waals surface area contributed by atoms with E-state index in [9.17, 15) is 25.2 Å². The van der Waals surface area contributed by atoms with Gasteiger partial charge < -0.3 is 35.2 Å². The Morgan fingerprint density at radius 2 is 1.97 bits per heavy atom. The van der Waals surface area contributed by atoms with Gasteiger partial charge >= 0.3 is 0 Å². The Hall–Kier alpha value is -2.20. The molecule has 1 saturated heterocycles. The van der Waals surface area contributed by atoms with Crippen LogP contribution in [0.3, 0.4) is 0 Å². The molecule has 0 radical (unpaired) electrons. The molecule has 0 aliphatic carbocycles. The van der Waals surface area contributed by atoms with Gasteiger partial charge in [0.25, 0.3) is 5.91 Å². The third-order valence-electron chi connectivity index (χ3n) is 5.12. The first-order chi connectivity index (χ1) is 14.2. The highest BCUT2D eigenvalue weighted by Gasteiger charge is 2.53. The van der Waals surface area contributed by atoms with Crippen LogP contribution in [0.4, 0.5) is 0 Å². The summed E-state index contributed by atoms with van der Waals surface area (Å²) in [6.45, 7) is 0.679. The highest BCUT2D eigenvalue weighted by atomic mass is 35.5. The normalized spacial score (nSPS) is 28.8. The van der Waals surface area contributed by atoms with Crippen LogP contribution in [0.5, 0.6) is 5.75 Å². The topological polar surface area (TPSA) is 128 Å². The van der Waals surface area contributed by atoms with Crippen molar-refractivity contribution < 1.29 is 34.7 Å². The van der Waals surface area contributed by atoms with Gasteiger partial charge in [-0.2, -0.15) is 0 Å². The molecule has 5 N–H and O–H groups in total. The first-order valence-electron chi connectivity index (χ1n) is 9.33. The molecule has 0 spiro atoms. The number of rotatable bonds is 5. The van der Waals surface area contributed by atoms with Crippen LogP contribution in [-0.4, -0.2) is 70.2 Å². The summed E-state index contributed by atoms with van der Waals surface area (Å²) < 4.78 is 11.2. The third-order valence-corrected chi connectivity index (χ3v) is 5.51. The molecule has 0 saturated carbocycles. The Morgan fingerprint density at radius 3 is 2.63 bits per heavy atom. The van der Waals surface area contributed by atoms with Crippen molar-refractivity contribution in [1.29, 1.82) is 0 Å². The van der Waals surface area contributed by atoms with Crippen LogP contribution in [0.2, 0.25) is 5.02 Å². The van der Waals surface area contributed by atoms with Crippen molar-refractivity contribution in [1.82, 2.24) is 5.32 Å². The molecule has 1 aliphatic heterocycles. The van der Waals surface area contributed by atoms with Gasteiger partial charge in [-0.3, -0.25) is 4.79 Å². The number of halogens is 1. The molecule has 162 valence electrons. The molecule has 0 unspecified atom stereocenters. The number of hydrogen-bond donors (Lipinski definition) is 5. The van der Waals surface area contributed by atoms with E-state index in [-0.39, 0.29) is 16.7 Å². The predicted octanol–water partition coefficient (Wildman–Crippen LogP) is 0.935. The van der Waals surface area contributed by atoms with Crippen molar-refractivity contribution in [2.75, 3.05) is 13.7 Å². The highest BCUT2D eigenvalue weighted by Crippen LogP contribution is 2.38. The minimum absolute atomic E-state index is 0.157. The molecule has 8 nitrogen and oxygen atoms in total. The molecule has 1 amide bonds. The predicted molar refractivity (Wildman–Crippen MR) is 109 cm³/mol. The molecule has 3 rings (SSSR count). The fraction of sp³-hybridized carbons (Fsp3) is 0.381. The Labute approximate surface area is 178 Å². The number of aliphatic hydroxyl groups excluding tert-OH is 3. The maximum Gasteiger partial charge on any atom is 0.251 e. The largest absolute Gasteiger partial charge is 0.460 e. The van der Waals surface area contributed by atoms with Gasteiger partial charge in [0, 0.05) is 18.2 Å². The molecule has 2 aromatic carbocycles. The summed E-state index contributed by atoms with van der Waals surface area (Å²) in [4.78, 5) is 11.9. The van der Waals surface area contributed by atoms with Gasteiger partial charge in [-0.1, -0.05) is 35.9 Å². The molecule has 1 aliphatic rings. The van der Waals surface area contributed by atoms with E-state index in [2.05, 4.69) is 5.32 Å². The van der Waals surface area contributed by atoms with Gasteiger partial charge in [-0.15, -0.1) is 0 Å². The Bertz CT molecular complexity index is 920. The first kappa shape index (κ1) is 22.5. The molecule has 30 heavy (non-hydrogen) atoms. The Balaban J connectivity index is 1.93. The summed E-state index contributed by atoms with van der Waals surface area (Å²) in [5.41, 5.74) is -0.260. The zero-order chi connectivity index (χ0) is 22.1. The van der Waals surface area contributed by atoms with Crippen molar-refractivity contribution in [3.8, 4) is 16.9 Å². The standard InChI is InChI=1S/C21H24ClNO7/c1-21(28)18(26)17(25)15(10-24)30-20(21)29-14-8-4-7-13(16(14)22)11-5-3-6-12(9-11)19(27)23-2/h3-9,15,17-18,20,24-26,28H,10H2,1-2H3,(H,23,27)/t15-,17-,18+,20+,21+/m1/s1. The molecule has 0 aromatic heterocycles. The number of carbonyl (C=O) groups excluding carboxylic acids is 1. The van der Waals surface area contributed by atoms with Crippen LogP contribution in [0.25, 0.3) is 11.1 Å². The SMILES string of the molecule is CNC(=O)c1cccc(-c2cccc(O[C@H]3O[C@H](CO)[C@@H](O)[C@H](O)[C@]3(C)O)c2Cl)c1. The van der Waals surface area contributed by atoms with E-state index in [0.29, 0.717) is 16.7 Å². The summed E-state index contributed by atoms with van der Waals surface area (Å²) in [6.07, 6.45) is -5.65. The molecule has 2 aromatic rings. The second-order valence-corrected chi connectivity index (χ2v) is 7.62. The maximum absolute atomic E-state index is 11.9. The smallest absolute Gasteiger partial charge is 0.251 e. The van der Waals surface area contributed by atoms with Crippen molar-refractivity contribution in [2.45, 2.75) is 37.1 Å². The van der Waals surface area contributed by atoms with E-state index in [0.717, 1.165) is 0 Å². The summed E-state index contributed by atoms with van der Waals surface area (Å²) >= 11 is 6.53. The van der Waals surface area contributed by atoms with Gasteiger partial charge in [0.05, 0.1) is 11.6 Å². The maximum atomic E-state index is 11.9. The minimum Gasteiger partial charge on any atom is -0.460 e. The summed E-state index contributed by atoms with van der Waals surface area (Å²) in [5, 5.41) is 43.0. The zero-order valence-corrected chi connectivity index (χ0v) is 17.2. The molecule has 1 heterocycles. The lowest BCUT2D eigenvalue weighted by Crippen LogP contribution is -2.66. The quantitative estimate of drug-likeness (QED) is 0.470. The van der Waals surface area contributed by atoms with Crippen LogP contribution in [0.15, 0.2) is 42.5 Å². The van der Waals surface area contributed by atoms with Gasteiger partial charge in [0.2, 0.25) is 6.29 Å². The van der Waals surface area contributed by atoms with E-state index in [1.165, 1.54) is 14.0 Å². The number of carbonyl (C=O) groups is 1. The lowest BCUT2D eigenvalue weighted by atomic mass is 9.88. The first-order valence-corrected chi connectivity index (χ1v) is 9.71. The average molecular weight is 438 g/mol. The highest BCUT2D eigenvalue weighted by molar-refractivity contribution is 6.34. The number of ether oxygens (including phenoxy) is 2. The van der Waals surface area contributed by atoms with E-state index < -0.39 is 36.8 Å². The van der Waals surface area contributed by atoms with Crippen molar-refractivity contribution in [3.05, 3.63) is 53.1 Å². The van der Waals surface area contributed by atoms with Crippen molar-refractivity contribution >= 4 is 17.5 Å². The minimum atomic E-state index is -1.97. The van der Waals surface area contributed by atoms with Crippen LogP contribution in [0.1, 0.15) is 17.3 Å². The number of nitrogens with one attached hydrogen (secondary N) is 1. The second-order valence-electron chi connectivity index (χ2n) is 7.25. The monoisotopic (exact) mass is 437 g/mol. The zero-order valence-electron chi connectivity index (χ0n) is 16.4. The van der Waals surface area contributed by atoms with Crippen molar-refractivity contribution in [3.63, 3.8) is 0 Å². The Morgan fingerprint density at radius 1 is 1.27 bits per heavy atom. The summed E-state index contributed by atoms with van der Waals surface area (Å²) in [7, 11) is 1.54. The van der Waals surface area contributed by atoms with Crippen LogP contribution in [-0.2, 0) is 4.74 Å². The molecule has 1 fully saturated rings. The lowest BCUT2D eigenvalue weighted by Gasteiger charge is -2.45. The van der Waals surface area contributed by atoms with Gasteiger partial charge in [-0.25, -0.2) is 0 Å². The van der Waals surface area contributed by atoms with E-state index in [1.54, 1.807) is 42.5 Å². The molecule has 0 bridgehead atoms. The van der Waals surface area contributed by atoms with Crippen LogP contribution >= 0.6 is 11.6 Å². The summed E-state index contributed by atoms with van der Waals surface area (Å²) in [5.74, 6) is -0.0836. The number of hydrogen-bond acceptors (Lipinski definition) is 7. The van der Waals surface area contributed by atoms with Gasteiger partial charge in [-0.05, 0) is 30.7 Å². The molecular weight excluding hydrogens is 414 g/mol. The van der Waals surface area contributed by atoms with Gasteiger partial charge in [0.15, 0.2) is 5.60 Å². The van der Waals surface area contributed by atoms with Crippen LogP contribution < -0.4 is 10.1 Å². The number of aliphatic hydroxyl groups is 4. The van der Waals surface area contributed by atoms with Gasteiger partial charge in [0.1, 0.15) is 24.1 Å². The average Bonchev–Trinajstić information content (AvgIpc) is 2.75. The van der Waals surface area contributed by atoms with Crippen molar-refractivity contribution in [2.24, 2.45) is 0 Å². The fourth-order valence-corrected chi connectivity index (χ4v) is 3.56. The van der Waals surface area contributed by atoms with E-state index in [1.807, 2.05) is 0 Å². The number of amides is 1. The summed E-state index contributed by atoms with van der Waals surface area (Å²) in [6, 6.07) is 11.8. The molecular formula is C21H24ClNO7. The molecule has 5 atom stereocenters. The van der Waals surface area contributed by atoms with Crippen LogP contribution in [0, 0.1) is 0 Å². The van der Waals surface area contributed by atoms with E-state index >= 15 is 0 Å². The second kappa shape index (κ2) is 8.89. The fourth-order valence-electron chi connectivity index (χ4n) is 3.28. The molecule has 9 heteroatoms. The third kappa shape index (κ3) is 4.15.